The van der Waals surface area contributed by atoms with E-state index in [1.807, 2.05) is 42.6 Å². The number of aryl methyl sites for hydroxylation is 1. The molecule has 0 amide bonds. The number of aromatic nitrogens is 1. The van der Waals surface area contributed by atoms with Crippen LogP contribution in [-0.2, 0) is 19.5 Å². The summed E-state index contributed by atoms with van der Waals surface area (Å²) in [6.45, 7) is 3.98. The molecule has 0 saturated heterocycles. The zero-order valence-electron chi connectivity index (χ0n) is 16.8. The molecule has 0 unspecified atom stereocenters. The smallest absolute Gasteiger partial charge is 0.231 e. The fraction of sp³-hybridized carbons (Fsp3) is 0.200. The lowest BCUT2D eigenvalue weighted by molar-refractivity contribution is 0.0872. The van der Waals surface area contributed by atoms with Crippen molar-refractivity contribution in [3.05, 3.63) is 94.5 Å². The van der Waals surface area contributed by atoms with Gasteiger partial charge in [-0.05, 0) is 47.4 Å². The summed E-state index contributed by atoms with van der Waals surface area (Å²) in [4.78, 5) is 19.3. The van der Waals surface area contributed by atoms with E-state index in [0.717, 1.165) is 35.4 Å². The van der Waals surface area contributed by atoms with Gasteiger partial charge in [0, 0.05) is 25.5 Å². The van der Waals surface area contributed by atoms with Crippen molar-refractivity contribution in [3.63, 3.8) is 0 Å². The van der Waals surface area contributed by atoms with Crippen LogP contribution in [0.25, 0.3) is 6.08 Å². The average molecular weight is 398 g/mol. The lowest BCUT2D eigenvalue weighted by Crippen LogP contribution is -2.31. The quantitative estimate of drug-likeness (QED) is 0.601. The second-order valence-electron chi connectivity index (χ2n) is 7.58. The number of hydrogen-bond donors (Lipinski definition) is 0. The van der Waals surface area contributed by atoms with Crippen LogP contribution in [-0.4, -0.2) is 22.4 Å². The highest BCUT2D eigenvalue weighted by Gasteiger charge is 2.33. The van der Waals surface area contributed by atoms with Crippen molar-refractivity contribution in [1.82, 2.24) is 9.88 Å². The van der Waals surface area contributed by atoms with Crippen molar-refractivity contribution in [1.29, 1.82) is 0 Å². The van der Waals surface area contributed by atoms with E-state index in [2.05, 4.69) is 28.9 Å². The highest BCUT2D eigenvalue weighted by Crippen LogP contribution is 2.42. The van der Waals surface area contributed by atoms with Crippen LogP contribution >= 0.6 is 0 Å². The van der Waals surface area contributed by atoms with Crippen LogP contribution in [0.1, 0.15) is 39.5 Å². The topological polar surface area (TPSA) is 51.7 Å². The van der Waals surface area contributed by atoms with Crippen molar-refractivity contribution in [3.8, 4) is 11.5 Å². The number of ether oxygens (including phenoxy) is 2. The van der Waals surface area contributed by atoms with Gasteiger partial charge in [0.2, 0.25) is 5.78 Å². The van der Waals surface area contributed by atoms with Gasteiger partial charge in [0.25, 0.3) is 0 Å². The summed E-state index contributed by atoms with van der Waals surface area (Å²) in [5, 5.41) is 0. The fourth-order valence-corrected chi connectivity index (χ4v) is 3.86. The van der Waals surface area contributed by atoms with Crippen molar-refractivity contribution < 1.29 is 14.3 Å². The minimum absolute atomic E-state index is 0.0863. The molecule has 2 aliphatic heterocycles. The summed E-state index contributed by atoms with van der Waals surface area (Å²) in [6, 6.07) is 15.8. The summed E-state index contributed by atoms with van der Waals surface area (Å²) in [6.07, 6.45) is 6.42. The van der Waals surface area contributed by atoms with E-state index < -0.39 is 0 Å². The van der Waals surface area contributed by atoms with E-state index >= 15 is 0 Å². The third-order valence-corrected chi connectivity index (χ3v) is 5.50. The highest BCUT2D eigenvalue weighted by molar-refractivity contribution is 6.15. The van der Waals surface area contributed by atoms with Gasteiger partial charge >= 0.3 is 0 Å². The third-order valence-electron chi connectivity index (χ3n) is 5.50. The van der Waals surface area contributed by atoms with E-state index in [1.165, 1.54) is 5.56 Å². The molecule has 2 aliphatic rings. The summed E-state index contributed by atoms with van der Waals surface area (Å²) in [5.74, 6) is 1.66. The van der Waals surface area contributed by atoms with Gasteiger partial charge in [-0.1, -0.05) is 37.3 Å². The molecule has 5 rings (SSSR count). The van der Waals surface area contributed by atoms with Crippen LogP contribution in [0.2, 0.25) is 0 Å². The lowest BCUT2D eigenvalue weighted by atomic mass is 10.0. The standard InChI is InChI=1S/C25H22N2O3/c1-2-17-5-7-18(8-6-17)12-23-24(28)20-9-10-22-21(25(20)30-23)15-27(16-29-22)14-19-4-3-11-26-13-19/h3-13H,2,14-16H2,1H3/b23-12-. The molecule has 0 aliphatic carbocycles. The first kappa shape index (κ1) is 18.6. The molecule has 1 aromatic heterocycles. The van der Waals surface area contributed by atoms with E-state index in [0.29, 0.717) is 30.3 Å². The Kier molecular flexibility index (Phi) is 4.81. The van der Waals surface area contributed by atoms with Crippen molar-refractivity contribution in [2.45, 2.75) is 26.4 Å². The molecular formula is C25H22N2O3. The van der Waals surface area contributed by atoms with E-state index in [-0.39, 0.29) is 5.78 Å². The molecule has 0 spiro atoms. The summed E-state index contributed by atoms with van der Waals surface area (Å²) >= 11 is 0. The van der Waals surface area contributed by atoms with Gasteiger partial charge in [0.1, 0.15) is 18.2 Å². The van der Waals surface area contributed by atoms with Crippen molar-refractivity contribution in [2.24, 2.45) is 0 Å². The van der Waals surface area contributed by atoms with E-state index in [9.17, 15) is 4.79 Å². The molecule has 0 fully saturated rings. The normalized spacial score (nSPS) is 16.7. The van der Waals surface area contributed by atoms with Crippen LogP contribution in [0.4, 0.5) is 0 Å². The summed E-state index contributed by atoms with van der Waals surface area (Å²) in [7, 11) is 0. The molecule has 0 saturated carbocycles. The summed E-state index contributed by atoms with van der Waals surface area (Å²) in [5.41, 5.74) is 4.84. The number of allylic oxidation sites excluding steroid dienone is 1. The third kappa shape index (κ3) is 3.48. The van der Waals surface area contributed by atoms with Crippen LogP contribution in [0, 0.1) is 0 Å². The monoisotopic (exact) mass is 398 g/mol. The molecule has 3 heterocycles. The van der Waals surface area contributed by atoms with Crippen molar-refractivity contribution in [2.75, 3.05) is 6.73 Å². The number of benzene rings is 2. The Balaban J connectivity index is 1.41. The zero-order chi connectivity index (χ0) is 20.5. The second-order valence-corrected chi connectivity index (χ2v) is 7.58. The predicted molar refractivity (Wildman–Crippen MR) is 114 cm³/mol. The molecule has 5 heteroatoms. The van der Waals surface area contributed by atoms with E-state index in [1.54, 1.807) is 12.3 Å². The maximum Gasteiger partial charge on any atom is 0.231 e. The Morgan fingerprint density at radius 1 is 1.10 bits per heavy atom. The van der Waals surface area contributed by atoms with Crippen molar-refractivity contribution >= 4 is 11.9 Å². The number of Topliss-reactive ketones (excluding diaryl/α,β-unsaturated/α-hetero) is 1. The number of ketones is 1. The molecule has 150 valence electrons. The molecule has 0 atom stereocenters. The zero-order valence-corrected chi connectivity index (χ0v) is 16.8. The van der Waals surface area contributed by atoms with Crippen LogP contribution in [0.3, 0.4) is 0 Å². The number of nitrogens with zero attached hydrogens (tertiary/aromatic N) is 2. The molecule has 30 heavy (non-hydrogen) atoms. The number of hydrogen-bond acceptors (Lipinski definition) is 5. The Bertz CT molecular complexity index is 1120. The van der Waals surface area contributed by atoms with E-state index in [4.69, 9.17) is 9.47 Å². The molecule has 3 aromatic rings. The number of fused-ring (bicyclic) bond motifs is 3. The molecular weight excluding hydrogens is 376 g/mol. The Morgan fingerprint density at radius 3 is 2.73 bits per heavy atom. The van der Waals surface area contributed by atoms with Crippen LogP contribution in [0.15, 0.2) is 66.7 Å². The van der Waals surface area contributed by atoms with Gasteiger partial charge in [-0.3, -0.25) is 14.7 Å². The lowest BCUT2D eigenvalue weighted by Gasteiger charge is -2.29. The fourth-order valence-electron chi connectivity index (χ4n) is 3.86. The first-order valence-electron chi connectivity index (χ1n) is 10.1. The minimum atomic E-state index is -0.0863. The largest absolute Gasteiger partial charge is 0.478 e. The number of carbonyl (C=O) groups excluding carboxylic acids is 1. The van der Waals surface area contributed by atoms with Gasteiger partial charge in [0.05, 0.1) is 11.1 Å². The van der Waals surface area contributed by atoms with Crippen LogP contribution < -0.4 is 9.47 Å². The predicted octanol–water partition coefficient (Wildman–Crippen LogP) is 4.61. The number of pyridine rings is 1. The van der Waals surface area contributed by atoms with Gasteiger partial charge in [-0.15, -0.1) is 0 Å². The molecule has 5 nitrogen and oxygen atoms in total. The van der Waals surface area contributed by atoms with Gasteiger partial charge in [0.15, 0.2) is 5.76 Å². The SMILES string of the molecule is CCc1ccc(/C=C2\Oc3c(ccc4c3CN(Cc3cccnc3)CO4)C2=O)cc1. The number of rotatable bonds is 4. The maximum atomic E-state index is 12.9. The first-order valence-corrected chi connectivity index (χ1v) is 10.1. The highest BCUT2D eigenvalue weighted by atomic mass is 16.5. The van der Waals surface area contributed by atoms with Gasteiger partial charge in [-0.2, -0.15) is 0 Å². The average Bonchev–Trinajstić information content (AvgIpc) is 3.11. The molecule has 0 bridgehead atoms. The van der Waals surface area contributed by atoms with Gasteiger partial charge < -0.3 is 9.47 Å². The molecule has 0 N–H and O–H groups in total. The van der Waals surface area contributed by atoms with Crippen LogP contribution in [0.5, 0.6) is 11.5 Å². The Labute approximate surface area is 175 Å². The molecule has 2 aromatic carbocycles. The first-order chi connectivity index (χ1) is 14.7. The second kappa shape index (κ2) is 7.76. The number of carbonyl (C=O) groups is 1. The van der Waals surface area contributed by atoms with Gasteiger partial charge in [-0.25, -0.2) is 0 Å². The summed E-state index contributed by atoms with van der Waals surface area (Å²) < 4.78 is 12.0. The Hall–Kier alpha value is -3.44. The minimum Gasteiger partial charge on any atom is -0.478 e. The Morgan fingerprint density at radius 2 is 1.97 bits per heavy atom. The molecule has 0 radical (unpaired) electrons. The maximum absolute atomic E-state index is 12.9.